The lowest BCUT2D eigenvalue weighted by Gasteiger charge is -2.50. The van der Waals surface area contributed by atoms with Gasteiger partial charge in [-0.2, -0.15) is 0 Å². The van der Waals surface area contributed by atoms with Crippen LogP contribution < -0.4 is 5.73 Å². The number of nitrogens with zero attached hydrogens (tertiary/aromatic N) is 1. The summed E-state index contributed by atoms with van der Waals surface area (Å²) in [5, 5.41) is 0. The smallest absolute Gasteiger partial charge is 0.0331 e. The normalized spacial score (nSPS) is 28.9. The zero-order chi connectivity index (χ0) is 9.86. The van der Waals surface area contributed by atoms with Gasteiger partial charge in [-0.25, -0.2) is 0 Å². The third kappa shape index (κ3) is 1.96. The molecule has 1 aliphatic heterocycles. The molecule has 0 spiro atoms. The largest absolute Gasteiger partial charge is 0.329 e. The van der Waals surface area contributed by atoms with Crippen LogP contribution in [0.4, 0.5) is 0 Å². The topological polar surface area (TPSA) is 29.3 Å². The summed E-state index contributed by atoms with van der Waals surface area (Å²) in [6.07, 6.45) is 11.2. The van der Waals surface area contributed by atoms with E-state index in [4.69, 9.17) is 5.73 Å². The Morgan fingerprint density at radius 1 is 0.857 bits per heavy atom. The molecule has 0 atom stereocenters. The zero-order valence-electron chi connectivity index (χ0n) is 9.30. The fraction of sp³-hybridized carbons (Fsp3) is 1.00. The van der Waals surface area contributed by atoms with E-state index >= 15 is 0 Å². The van der Waals surface area contributed by atoms with Crippen molar-refractivity contribution in [2.45, 2.75) is 56.9 Å². The summed E-state index contributed by atoms with van der Waals surface area (Å²) in [6.45, 7) is 3.49. The first-order valence-electron chi connectivity index (χ1n) is 6.32. The third-order valence-electron chi connectivity index (χ3n) is 4.19. The second-order valence-corrected chi connectivity index (χ2v) is 5.04. The molecule has 2 N–H and O–H groups in total. The first-order valence-corrected chi connectivity index (χ1v) is 6.32. The van der Waals surface area contributed by atoms with E-state index in [-0.39, 0.29) is 0 Å². The molecule has 0 aromatic carbocycles. The standard InChI is InChI=1S/C12H24N2/c13-11-12(7-6-8-12)14-9-4-2-1-3-5-10-14/h1-11,13H2. The van der Waals surface area contributed by atoms with E-state index in [9.17, 15) is 0 Å². The second kappa shape index (κ2) is 4.63. The molecule has 2 aliphatic rings. The highest BCUT2D eigenvalue weighted by atomic mass is 15.2. The number of rotatable bonds is 2. The number of likely N-dealkylation sites (tertiary alicyclic amines) is 1. The maximum Gasteiger partial charge on any atom is 0.0331 e. The van der Waals surface area contributed by atoms with Crippen LogP contribution in [0.2, 0.25) is 0 Å². The first-order chi connectivity index (χ1) is 6.87. The average molecular weight is 196 g/mol. The van der Waals surface area contributed by atoms with Crippen LogP contribution in [0.3, 0.4) is 0 Å². The third-order valence-corrected chi connectivity index (χ3v) is 4.19. The molecule has 2 nitrogen and oxygen atoms in total. The average Bonchev–Trinajstić information content (AvgIpc) is 2.06. The van der Waals surface area contributed by atoms with Crippen LogP contribution in [-0.4, -0.2) is 30.1 Å². The lowest BCUT2D eigenvalue weighted by molar-refractivity contribution is 0.0175. The predicted octanol–water partition coefficient (Wildman–Crippen LogP) is 2.13. The highest BCUT2D eigenvalue weighted by Gasteiger charge is 2.40. The Labute approximate surface area is 87.8 Å². The predicted molar refractivity (Wildman–Crippen MR) is 60.3 cm³/mol. The molecule has 82 valence electrons. The minimum absolute atomic E-state index is 0.428. The van der Waals surface area contributed by atoms with Crippen LogP contribution in [0.1, 0.15) is 51.4 Å². The molecule has 0 unspecified atom stereocenters. The summed E-state index contributed by atoms with van der Waals surface area (Å²) in [7, 11) is 0. The molecule has 0 aromatic rings. The lowest BCUT2D eigenvalue weighted by Crippen LogP contribution is -2.59. The number of nitrogens with two attached hydrogens (primary N) is 1. The Bertz CT molecular complexity index is 162. The Balaban J connectivity index is 1.92. The quantitative estimate of drug-likeness (QED) is 0.733. The van der Waals surface area contributed by atoms with E-state index in [0.29, 0.717) is 5.54 Å². The molecule has 14 heavy (non-hydrogen) atoms. The van der Waals surface area contributed by atoms with Gasteiger partial charge in [-0.3, -0.25) is 4.90 Å². The summed E-state index contributed by atoms with van der Waals surface area (Å²) in [5.74, 6) is 0. The van der Waals surface area contributed by atoms with Gasteiger partial charge in [0.05, 0.1) is 0 Å². The van der Waals surface area contributed by atoms with E-state index in [1.54, 1.807) is 0 Å². The maximum absolute atomic E-state index is 5.95. The number of hydrogen-bond donors (Lipinski definition) is 1. The molecule has 0 amide bonds. The van der Waals surface area contributed by atoms with Crippen molar-refractivity contribution < 1.29 is 0 Å². The fourth-order valence-corrected chi connectivity index (χ4v) is 2.96. The summed E-state index contributed by atoms with van der Waals surface area (Å²) in [5.41, 5.74) is 6.38. The molecule has 0 aromatic heterocycles. The van der Waals surface area contributed by atoms with Crippen molar-refractivity contribution >= 4 is 0 Å². The van der Waals surface area contributed by atoms with Crippen LogP contribution >= 0.6 is 0 Å². The van der Waals surface area contributed by atoms with Gasteiger partial charge in [0.2, 0.25) is 0 Å². The first kappa shape index (κ1) is 10.4. The van der Waals surface area contributed by atoms with Crippen molar-refractivity contribution in [1.82, 2.24) is 4.90 Å². The summed E-state index contributed by atoms with van der Waals surface area (Å²) < 4.78 is 0. The van der Waals surface area contributed by atoms with E-state index in [1.165, 1.54) is 64.5 Å². The van der Waals surface area contributed by atoms with Crippen molar-refractivity contribution in [3.05, 3.63) is 0 Å². The van der Waals surface area contributed by atoms with Gasteiger partial charge in [0.25, 0.3) is 0 Å². The molecular weight excluding hydrogens is 172 g/mol. The molecular formula is C12H24N2. The molecule has 2 fully saturated rings. The van der Waals surface area contributed by atoms with E-state index < -0.39 is 0 Å². The Hall–Kier alpha value is -0.0800. The van der Waals surface area contributed by atoms with Crippen molar-refractivity contribution in [3.8, 4) is 0 Å². The summed E-state index contributed by atoms with van der Waals surface area (Å²) in [6, 6.07) is 0. The summed E-state index contributed by atoms with van der Waals surface area (Å²) >= 11 is 0. The van der Waals surface area contributed by atoms with Crippen molar-refractivity contribution in [3.63, 3.8) is 0 Å². The molecule has 0 radical (unpaired) electrons. The van der Waals surface area contributed by atoms with Gasteiger partial charge in [-0.05, 0) is 45.2 Å². The van der Waals surface area contributed by atoms with Gasteiger partial charge in [0, 0.05) is 12.1 Å². The van der Waals surface area contributed by atoms with Crippen molar-refractivity contribution in [2.75, 3.05) is 19.6 Å². The Kier molecular flexibility index (Phi) is 3.45. The van der Waals surface area contributed by atoms with Gasteiger partial charge in [0.15, 0.2) is 0 Å². The zero-order valence-corrected chi connectivity index (χ0v) is 9.30. The molecule has 1 heterocycles. The van der Waals surface area contributed by atoms with E-state index in [0.717, 1.165) is 6.54 Å². The van der Waals surface area contributed by atoms with Gasteiger partial charge < -0.3 is 5.73 Å². The minimum Gasteiger partial charge on any atom is -0.329 e. The van der Waals surface area contributed by atoms with E-state index in [1.807, 2.05) is 0 Å². The van der Waals surface area contributed by atoms with Crippen molar-refractivity contribution in [1.29, 1.82) is 0 Å². The van der Waals surface area contributed by atoms with Crippen LogP contribution in [-0.2, 0) is 0 Å². The molecule has 1 aliphatic carbocycles. The highest BCUT2D eigenvalue weighted by Crippen LogP contribution is 2.37. The van der Waals surface area contributed by atoms with Crippen LogP contribution in [0.25, 0.3) is 0 Å². The Morgan fingerprint density at radius 2 is 1.43 bits per heavy atom. The number of hydrogen-bond acceptors (Lipinski definition) is 2. The van der Waals surface area contributed by atoms with Crippen molar-refractivity contribution in [2.24, 2.45) is 5.73 Å². The fourth-order valence-electron chi connectivity index (χ4n) is 2.96. The van der Waals surface area contributed by atoms with Gasteiger partial charge in [-0.1, -0.05) is 19.3 Å². The van der Waals surface area contributed by atoms with Crippen LogP contribution in [0.5, 0.6) is 0 Å². The molecule has 2 heteroatoms. The lowest BCUT2D eigenvalue weighted by atomic mass is 9.75. The molecule has 0 bridgehead atoms. The molecule has 1 saturated carbocycles. The van der Waals surface area contributed by atoms with E-state index in [2.05, 4.69) is 4.90 Å². The SMILES string of the molecule is NCC1(N2CCCCCCC2)CCC1. The van der Waals surface area contributed by atoms with Crippen LogP contribution in [0.15, 0.2) is 0 Å². The van der Waals surface area contributed by atoms with Crippen LogP contribution in [0, 0.1) is 0 Å². The Morgan fingerprint density at radius 3 is 1.86 bits per heavy atom. The minimum atomic E-state index is 0.428. The molecule has 2 rings (SSSR count). The summed E-state index contributed by atoms with van der Waals surface area (Å²) in [4.78, 5) is 2.70. The monoisotopic (exact) mass is 196 g/mol. The second-order valence-electron chi connectivity index (χ2n) is 5.04. The molecule has 1 saturated heterocycles. The highest BCUT2D eigenvalue weighted by molar-refractivity contribution is 4.98. The van der Waals surface area contributed by atoms with Gasteiger partial charge in [-0.15, -0.1) is 0 Å². The van der Waals surface area contributed by atoms with Gasteiger partial charge in [0.1, 0.15) is 0 Å². The maximum atomic E-state index is 5.95. The van der Waals surface area contributed by atoms with Gasteiger partial charge >= 0.3 is 0 Å².